The number of carbonyl (C=O) groups excluding carboxylic acids is 1. The lowest BCUT2D eigenvalue weighted by Crippen LogP contribution is -2.32. The topological polar surface area (TPSA) is 116 Å². The first-order valence-corrected chi connectivity index (χ1v) is 10.8. The van der Waals surface area contributed by atoms with E-state index in [0.29, 0.717) is 35.6 Å². The molecule has 0 radical (unpaired) electrons. The summed E-state index contributed by atoms with van der Waals surface area (Å²) in [6, 6.07) is 9.24. The maximum Gasteiger partial charge on any atom is 0.249 e. The van der Waals surface area contributed by atoms with E-state index in [0.717, 1.165) is 5.69 Å². The molecule has 1 aliphatic heterocycles. The normalized spacial score (nSPS) is 22.0. The third-order valence-electron chi connectivity index (χ3n) is 5.81. The van der Waals surface area contributed by atoms with Crippen LogP contribution in [0.15, 0.2) is 42.1 Å². The summed E-state index contributed by atoms with van der Waals surface area (Å²) in [4.78, 5) is 21.2. The number of halogens is 2. The predicted molar refractivity (Wildman–Crippen MR) is 118 cm³/mol. The lowest BCUT2D eigenvalue weighted by molar-refractivity contribution is -0.117. The first-order chi connectivity index (χ1) is 15.9. The molecule has 3 aromatic rings. The molecule has 11 heteroatoms. The average molecular weight is 455 g/mol. The van der Waals surface area contributed by atoms with Gasteiger partial charge in [-0.05, 0) is 31.1 Å². The average Bonchev–Trinajstić information content (AvgIpc) is 3.33. The van der Waals surface area contributed by atoms with Gasteiger partial charge in [-0.2, -0.15) is 19.6 Å². The molecule has 2 aliphatic rings. The summed E-state index contributed by atoms with van der Waals surface area (Å²) in [7, 11) is 0. The molecule has 1 amide bonds. The fraction of sp³-hybridized carbons (Fsp3) is 0.364. The van der Waals surface area contributed by atoms with Gasteiger partial charge in [0, 0.05) is 42.1 Å². The highest BCUT2D eigenvalue weighted by Gasteiger charge is 2.35. The highest BCUT2D eigenvalue weighted by molar-refractivity contribution is 6.00. The number of aromatic nitrogens is 4. The molecule has 1 saturated heterocycles. The summed E-state index contributed by atoms with van der Waals surface area (Å²) in [6.07, 6.45) is 2.74. The van der Waals surface area contributed by atoms with E-state index in [4.69, 9.17) is 0 Å². The van der Waals surface area contributed by atoms with E-state index in [9.17, 15) is 18.7 Å². The molecule has 5 rings (SSSR count). The molecule has 9 nitrogen and oxygen atoms in total. The molecular weight excluding hydrogens is 432 g/mol. The number of aliphatic hydroxyl groups is 1. The maximum atomic E-state index is 13.6. The van der Waals surface area contributed by atoms with Crippen LogP contribution in [0.25, 0.3) is 11.7 Å². The molecule has 0 spiro atoms. The number of rotatable bonds is 5. The Hall–Kier alpha value is -3.60. The number of para-hydroxylation sites is 1. The molecule has 1 aromatic carbocycles. The highest BCUT2D eigenvalue weighted by Crippen LogP contribution is 2.34. The smallest absolute Gasteiger partial charge is 0.249 e. The van der Waals surface area contributed by atoms with E-state index < -0.39 is 12.2 Å². The molecule has 4 N–H and O–H groups in total. The third-order valence-corrected chi connectivity index (χ3v) is 5.81. The number of aliphatic hydroxyl groups excluding tert-OH is 1. The van der Waals surface area contributed by atoms with Crippen LogP contribution in [0.3, 0.4) is 0 Å². The zero-order valence-electron chi connectivity index (χ0n) is 17.6. The van der Waals surface area contributed by atoms with E-state index in [1.165, 1.54) is 4.52 Å². The van der Waals surface area contributed by atoms with Crippen molar-refractivity contribution in [2.24, 2.45) is 0 Å². The highest BCUT2D eigenvalue weighted by atomic mass is 19.3. The third kappa shape index (κ3) is 4.63. The Labute approximate surface area is 187 Å². The summed E-state index contributed by atoms with van der Waals surface area (Å²) in [5, 5.41) is 22.9. The van der Waals surface area contributed by atoms with Gasteiger partial charge in [0.1, 0.15) is 6.23 Å². The van der Waals surface area contributed by atoms with Crippen LogP contribution in [-0.2, 0) is 4.79 Å². The predicted octanol–water partition coefficient (Wildman–Crippen LogP) is 3.08. The SMILES string of the molecule is O=C1NC(O)C/C1=C\c1cnn2c(Nc3ccccc3)nc(NC3CCC(F)(F)CC3)nc12. The molecule has 2 aromatic heterocycles. The van der Waals surface area contributed by atoms with Gasteiger partial charge in [-0.3, -0.25) is 4.79 Å². The number of alkyl halides is 2. The molecule has 1 saturated carbocycles. The Kier molecular flexibility index (Phi) is 5.41. The van der Waals surface area contributed by atoms with Gasteiger partial charge in [-0.15, -0.1) is 0 Å². The fourth-order valence-corrected chi connectivity index (χ4v) is 4.07. The Morgan fingerprint density at radius 2 is 1.94 bits per heavy atom. The van der Waals surface area contributed by atoms with Crippen LogP contribution in [0.2, 0.25) is 0 Å². The van der Waals surface area contributed by atoms with E-state index in [1.807, 2.05) is 30.3 Å². The van der Waals surface area contributed by atoms with Crippen molar-refractivity contribution in [2.75, 3.05) is 10.6 Å². The Morgan fingerprint density at radius 3 is 2.64 bits per heavy atom. The van der Waals surface area contributed by atoms with Crippen molar-refractivity contribution in [3.63, 3.8) is 0 Å². The number of anilines is 3. The molecule has 2 fully saturated rings. The first kappa shape index (κ1) is 21.3. The van der Waals surface area contributed by atoms with E-state index in [-0.39, 0.29) is 37.2 Å². The molecule has 3 heterocycles. The molecule has 1 aliphatic carbocycles. The summed E-state index contributed by atoms with van der Waals surface area (Å²) >= 11 is 0. The van der Waals surface area contributed by atoms with Crippen LogP contribution >= 0.6 is 0 Å². The monoisotopic (exact) mass is 455 g/mol. The van der Waals surface area contributed by atoms with Crippen LogP contribution in [0.4, 0.5) is 26.4 Å². The molecule has 33 heavy (non-hydrogen) atoms. The number of carbonyl (C=O) groups is 1. The van der Waals surface area contributed by atoms with Gasteiger partial charge in [-0.1, -0.05) is 18.2 Å². The number of hydrogen-bond donors (Lipinski definition) is 4. The van der Waals surface area contributed by atoms with Gasteiger partial charge >= 0.3 is 0 Å². The number of benzene rings is 1. The Balaban J connectivity index is 1.51. The van der Waals surface area contributed by atoms with Crippen LogP contribution in [0.5, 0.6) is 0 Å². The van der Waals surface area contributed by atoms with E-state index in [2.05, 4.69) is 31.0 Å². The zero-order chi connectivity index (χ0) is 23.0. The van der Waals surface area contributed by atoms with Crippen molar-refractivity contribution in [1.29, 1.82) is 0 Å². The van der Waals surface area contributed by atoms with E-state index >= 15 is 0 Å². The summed E-state index contributed by atoms with van der Waals surface area (Å²) < 4.78 is 28.6. The van der Waals surface area contributed by atoms with Gasteiger partial charge in [-0.25, -0.2) is 8.78 Å². The number of fused-ring (bicyclic) bond motifs is 1. The zero-order valence-corrected chi connectivity index (χ0v) is 17.6. The number of nitrogens with zero attached hydrogens (tertiary/aromatic N) is 4. The molecular formula is C22H23F2N7O2. The van der Waals surface area contributed by atoms with Crippen molar-refractivity contribution >= 4 is 35.2 Å². The first-order valence-electron chi connectivity index (χ1n) is 10.8. The fourth-order valence-electron chi connectivity index (χ4n) is 4.07. The second kappa shape index (κ2) is 8.39. The van der Waals surface area contributed by atoms with Gasteiger partial charge in [0.2, 0.25) is 23.7 Å². The van der Waals surface area contributed by atoms with Crippen LogP contribution in [-0.4, -0.2) is 48.8 Å². The lowest BCUT2D eigenvalue weighted by Gasteiger charge is -2.28. The Bertz CT molecular complexity index is 1200. The van der Waals surface area contributed by atoms with Crippen LogP contribution in [0.1, 0.15) is 37.7 Å². The van der Waals surface area contributed by atoms with Crippen molar-refractivity contribution < 1.29 is 18.7 Å². The van der Waals surface area contributed by atoms with Gasteiger partial charge in [0.05, 0.1) is 6.20 Å². The Morgan fingerprint density at radius 1 is 1.18 bits per heavy atom. The second-order valence-corrected chi connectivity index (χ2v) is 8.33. The quantitative estimate of drug-likeness (QED) is 0.437. The summed E-state index contributed by atoms with van der Waals surface area (Å²) in [5.74, 6) is -2.30. The molecule has 1 atom stereocenters. The molecule has 172 valence electrons. The second-order valence-electron chi connectivity index (χ2n) is 8.33. The largest absolute Gasteiger partial charge is 0.373 e. The minimum atomic E-state index is -2.62. The maximum absolute atomic E-state index is 13.6. The van der Waals surface area contributed by atoms with E-state index in [1.54, 1.807) is 12.3 Å². The summed E-state index contributed by atoms with van der Waals surface area (Å²) in [6.45, 7) is 0. The van der Waals surface area contributed by atoms with Crippen LogP contribution < -0.4 is 16.0 Å². The summed E-state index contributed by atoms with van der Waals surface area (Å²) in [5.41, 5.74) is 2.21. The minimum Gasteiger partial charge on any atom is -0.373 e. The van der Waals surface area contributed by atoms with Crippen molar-refractivity contribution in [3.05, 3.63) is 47.7 Å². The van der Waals surface area contributed by atoms with Gasteiger partial charge < -0.3 is 21.1 Å². The van der Waals surface area contributed by atoms with Crippen LogP contribution in [0, 0.1) is 0 Å². The standard InChI is InChI=1S/C22H23F2N7O2/c23-22(24)8-6-16(7-9-22)26-20-29-18-14(10-13-11-17(32)28-19(13)33)12-25-31(18)21(30-20)27-15-4-2-1-3-5-15/h1-5,10,12,16-17,32H,6-9,11H2,(H,28,33)(H2,26,27,29,30)/b13-10+. The molecule has 0 bridgehead atoms. The lowest BCUT2D eigenvalue weighted by atomic mass is 9.92. The minimum absolute atomic E-state index is 0.169. The van der Waals surface area contributed by atoms with Crippen molar-refractivity contribution in [3.8, 4) is 0 Å². The van der Waals surface area contributed by atoms with Gasteiger partial charge in [0.25, 0.3) is 0 Å². The van der Waals surface area contributed by atoms with Crippen molar-refractivity contribution in [2.45, 2.75) is 50.3 Å². The number of amides is 1. The number of hydrogen-bond acceptors (Lipinski definition) is 7. The van der Waals surface area contributed by atoms with Crippen molar-refractivity contribution in [1.82, 2.24) is 24.9 Å². The molecule has 1 unspecified atom stereocenters. The number of nitrogens with one attached hydrogen (secondary N) is 3. The van der Waals surface area contributed by atoms with Gasteiger partial charge in [0.15, 0.2) is 5.65 Å².